The standard InChI is InChI=1S/C28H24Cl2O5/c1-3-4-18-12-20-25(14-24(18)34-15-17-5-7-21(29)22(30)11-17)35-16(2)27(28(20)31)19-6-8-23-26(13-19)33-10-9-32-23/h5-8,11-14H,3-4,9-10,15H2,1-2H3. The Morgan fingerprint density at radius 2 is 1.74 bits per heavy atom. The summed E-state index contributed by atoms with van der Waals surface area (Å²) >= 11 is 12.2. The fourth-order valence-corrected chi connectivity index (χ4v) is 4.62. The normalized spacial score (nSPS) is 12.7. The molecule has 0 fully saturated rings. The smallest absolute Gasteiger partial charge is 0.200 e. The highest BCUT2D eigenvalue weighted by Gasteiger charge is 2.19. The Kier molecular flexibility index (Phi) is 6.63. The van der Waals surface area contributed by atoms with Crippen LogP contribution in [-0.4, -0.2) is 13.2 Å². The molecule has 0 amide bonds. The monoisotopic (exact) mass is 510 g/mol. The average Bonchev–Trinajstić information content (AvgIpc) is 2.85. The second kappa shape index (κ2) is 9.84. The van der Waals surface area contributed by atoms with Gasteiger partial charge in [-0.1, -0.05) is 48.7 Å². The maximum atomic E-state index is 13.6. The van der Waals surface area contributed by atoms with Gasteiger partial charge >= 0.3 is 0 Å². The molecular formula is C28H24Cl2O5. The highest BCUT2D eigenvalue weighted by molar-refractivity contribution is 6.42. The van der Waals surface area contributed by atoms with Crippen molar-refractivity contribution in [3.05, 3.63) is 85.7 Å². The molecule has 0 bridgehead atoms. The van der Waals surface area contributed by atoms with Crippen molar-refractivity contribution in [3.63, 3.8) is 0 Å². The number of rotatable bonds is 6. The van der Waals surface area contributed by atoms with E-state index < -0.39 is 0 Å². The Bertz CT molecular complexity index is 1470. The summed E-state index contributed by atoms with van der Waals surface area (Å²) in [4.78, 5) is 13.6. The van der Waals surface area contributed by atoms with Crippen molar-refractivity contribution >= 4 is 34.2 Å². The molecule has 7 heteroatoms. The zero-order valence-electron chi connectivity index (χ0n) is 19.5. The van der Waals surface area contributed by atoms with Gasteiger partial charge in [-0.25, -0.2) is 0 Å². The number of hydrogen-bond donors (Lipinski definition) is 0. The van der Waals surface area contributed by atoms with Gasteiger partial charge in [-0.15, -0.1) is 0 Å². The molecule has 0 radical (unpaired) electrons. The molecule has 5 nitrogen and oxygen atoms in total. The Labute approximate surface area is 213 Å². The Morgan fingerprint density at radius 3 is 2.51 bits per heavy atom. The number of hydrogen-bond acceptors (Lipinski definition) is 5. The molecule has 0 saturated heterocycles. The van der Waals surface area contributed by atoms with Crippen LogP contribution in [0, 0.1) is 6.92 Å². The first-order valence-corrected chi connectivity index (χ1v) is 12.3. The summed E-state index contributed by atoms with van der Waals surface area (Å²) in [5.74, 6) is 2.51. The van der Waals surface area contributed by atoms with Crippen molar-refractivity contribution in [1.82, 2.24) is 0 Å². The highest BCUT2D eigenvalue weighted by atomic mass is 35.5. The van der Waals surface area contributed by atoms with Crippen molar-refractivity contribution in [2.24, 2.45) is 0 Å². The molecule has 0 spiro atoms. The van der Waals surface area contributed by atoms with E-state index in [2.05, 4.69) is 6.92 Å². The first-order chi connectivity index (χ1) is 16.9. The van der Waals surface area contributed by atoms with Crippen molar-refractivity contribution < 1.29 is 18.6 Å². The van der Waals surface area contributed by atoms with Gasteiger partial charge in [0.2, 0.25) is 5.43 Å². The van der Waals surface area contributed by atoms with E-state index in [1.54, 1.807) is 25.1 Å². The Morgan fingerprint density at radius 1 is 0.943 bits per heavy atom. The van der Waals surface area contributed by atoms with E-state index in [1.807, 2.05) is 30.3 Å². The summed E-state index contributed by atoms with van der Waals surface area (Å²) in [6.07, 6.45) is 1.67. The van der Waals surface area contributed by atoms with Gasteiger partial charge in [-0.2, -0.15) is 0 Å². The van der Waals surface area contributed by atoms with E-state index in [0.29, 0.717) is 69.4 Å². The zero-order chi connectivity index (χ0) is 24.5. The lowest BCUT2D eigenvalue weighted by atomic mass is 9.99. The van der Waals surface area contributed by atoms with E-state index in [4.69, 9.17) is 41.8 Å². The molecule has 2 heterocycles. The molecule has 0 atom stereocenters. The quantitative estimate of drug-likeness (QED) is 0.270. The highest BCUT2D eigenvalue weighted by Crippen LogP contribution is 2.36. The van der Waals surface area contributed by atoms with E-state index >= 15 is 0 Å². The van der Waals surface area contributed by atoms with Crippen molar-refractivity contribution in [2.45, 2.75) is 33.3 Å². The fraction of sp³-hybridized carbons (Fsp3) is 0.250. The first kappa shape index (κ1) is 23.6. The Balaban J connectivity index is 1.55. The number of halogens is 2. The molecule has 180 valence electrons. The predicted molar refractivity (Wildman–Crippen MR) is 138 cm³/mol. The summed E-state index contributed by atoms with van der Waals surface area (Å²) < 4.78 is 23.6. The maximum Gasteiger partial charge on any atom is 0.200 e. The van der Waals surface area contributed by atoms with Crippen LogP contribution in [0.5, 0.6) is 17.2 Å². The van der Waals surface area contributed by atoms with Crippen LogP contribution in [-0.2, 0) is 13.0 Å². The van der Waals surface area contributed by atoms with Crippen LogP contribution in [0.25, 0.3) is 22.1 Å². The predicted octanol–water partition coefficient (Wildman–Crippen LogP) is 7.38. The lowest BCUT2D eigenvalue weighted by molar-refractivity contribution is 0.171. The molecule has 1 aliphatic heterocycles. The van der Waals surface area contributed by atoms with Gasteiger partial charge in [0, 0.05) is 6.07 Å². The van der Waals surface area contributed by atoms with E-state index in [-0.39, 0.29) is 5.43 Å². The molecular weight excluding hydrogens is 487 g/mol. The lowest BCUT2D eigenvalue weighted by Crippen LogP contribution is -2.15. The summed E-state index contributed by atoms with van der Waals surface area (Å²) in [7, 11) is 0. The molecule has 35 heavy (non-hydrogen) atoms. The topological polar surface area (TPSA) is 57.9 Å². The molecule has 0 unspecified atom stereocenters. The Hall–Kier alpha value is -3.15. The molecule has 1 aromatic heterocycles. The van der Waals surface area contributed by atoms with Crippen LogP contribution in [0.4, 0.5) is 0 Å². The van der Waals surface area contributed by atoms with Gasteiger partial charge in [0.05, 0.1) is 21.0 Å². The van der Waals surface area contributed by atoms with Gasteiger partial charge in [0.1, 0.15) is 36.9 Å². The average molecular weight is 511 g/mol. The summed E-state index contributed by atoms with van der Waals surface area (Å²) in [6.45, 7) is 5.19. The lowest BCUT2D eigenvalue weighted by Gasteiger charge is -2.19. The molecule has 0 N–H and O–H groups in total. The zero-order valence-corrected chi connectivity index (χ0v) is 21.0. The summed E-state index contributed by atoms with van der Waals surface area (Å²) in [5.41, 5.74) is 3.49. The summed E-state index contributed by atoms with van der Waals surface area (Å²) in [5, 5.41) is 1.50. The van der Waals surface area contributed by atoms with Crippen molar-refractivity contribution in [3.8, 4) is 28.4 Å². The number of benzene rings is 3. The van der Waals surface area contributed by atoms with Crippen molar-refractivity contribution in [2.75, 3.05) is 13.2 Å². The third kappa shape index (κ3) is 4.71. The molecule has 3 aromatic carbocycles. The van der Waals surface area contributed by atoms with Crippen LogP contribution in [0.15, 0.2) is 57.7 Å². The largest absolute Gasteiger partial charge is 0.488 e. The van der Waals surface area contributed by atoms with Gasteiger partial charge in [-0.3, -0.25) is 4.79 Å². The first-order valence-electron chi connectivity index (χ1n) is 11.5. The molecule has 0 saturated carbocycles. The van der Waals surface area contributed by atoms with Crippen LogP contribution < -0.4 is 19.6 Å². The number of aryl methyl sites for hydroxylation is 2. The third-order valence-electron chi connectivity index (χ3n) is 5.98. The minimum atomic E-state index is -0.0891. The molecule has 1 aliphatic rings. The second-order valence-corrected chi connectivity index (χ2v) is 9.28. The van der Waals surface area contributed by atoms with E-state index in [0.717, 1.165) is 29.5 Å². The third-order valence-corrected chi connectivity index (χ3v) is 6.72. The minimum Gasteiger partial charge on any atom is -0.488 e. The van der Waals surface area contributed by atoms with Gasteiger partial charge in [-0.05, 0) is 60.4 Å². The van der Waals surface area contributed by atoms with Crippen LogP contribution in [0.2, 0.25) is 10.0 Å². The van der Waals surface area contributed by atoms with Gasteiger partial charge < -0.3 is 18.6 Å². The molecule has 5 rings (SSSR count). The van der Waals surface area contributed by atoms with Crippen LogP contribution >= 0.6 is 23.2 Å². The number of fused-ring (bicyclic) bond motifs is 2. The SMILES string of the molecule is CCCc1cc2c(=O)c(-c3ccc4c(c3)OCCO4)c(C)oc2cc1OCc1ccc(Cl)c(Cl)c1. The summed E-state index contributed by atoms with van der Waals surface area (Å²) in [6, 6.07) is 14.6. The minimum absolute atomic E-state index is 0.0891. The van der Waals surface area contributed by atoms with Crippen molar-refractivity contribution in [1.29, 1.82) is 0 Å². The van der Waals surface area contributed by atoms with Crippen LogP contribution in [0.3, 0.4) is 0 Å². The molecule has 0 aliphatic carbocycles. The van der Waals surface area contributed by atoms with E-state index in [9.17, 15) is 4.79 Å². The molecule has 4 aromatic rings. The van der Waals surface area contributed by atoms with Crippen LogP contribution in [0.1, 0.15) is 30.2 Å². The number of ether oxygens (including phenoxy) is 3. The van der Waals surface area contributed by atoms with Gasteiger partial charge in [0.15, 0.2) is 11.5 Å². The van der Waals surface area contributed by atoms with E-state index in [1.165, 1.54) is 0 Å². The van der Waals surface area contributed by atoms with Gasteiger partial charge in [0.25, 0.3) is 0 Å². The fourth-order valence-electron chi connectivity index (χ4n) is 4.30. The second-order valence-electron chi connectivity index (χ2n) is 8.46. The maximum absolute atomic E-state index is 13.6.